The van der Waals surface area contributed by atoms with E-state index in [0.29, 0.717) is 5.56 Å². The van der Waals surface area contributed by atoms with E-state index in [0.717, 1.165) is 16.7 Å². The lowest BCUT2D eigenvalue weighted by atomic mass is 9.96. The van der Waals surface area contributed by atoms with Crippen LogP contribution in [-0.4, -0.2) is 88.8 Å². The minimum absolute atomic E-state index is 0.00377. The van der Waals surface area contributed by atoms with Crippen molar-refractivity contribution >= 4 is 29.8 Å². The Labute approximate surface area is 380 Å². The summed E-state index contributed by atoms with van der Waals surface area (Å²) in [6, 6.07) is 32.0. The summed E-state index contributed by atoms with van der Waals surface area (Å²) in [6.45, 7) is 10.2. The predicted octanol–water partition coefficient (Wildman–Crippen LogP) is 5.41. The molecule has 1 heterocycles. The average Bonchev–Trinajstić information content (AvgIpc) is 3.29. The van der Waals surface area contributed by atoms with E-state index in [9.17, 15) is 34.2 Å². The number of hydrogen-bond acceptors (Lipinski definition) is 11. The second-order valence-corrected chi connectivity index (χ2v) is 17.3. The van der Waals surface area contributed by atoms with Crippen LogP contribution in [0.3, 0.4) is 0 Å². The van der Waals surface area contributed by atoms with E-state index in [1.54, 1.807) is 70.2 Å². The molecular formula is C50H62N4O11. The van der Waals surface area contributed by atoms with Crippen molar-refractivity contribution in [2.75, 3.05) is 6.61 Å². The highest BCUT2D eigenvalue weighted by atomic mass is 16.7. The van der Waals surface area contributed by atoms with E-state index in [4.69, 9.17) is 18.9 Å². The molecule has 5 rings (SSSR count). The molecule has 4 aromatic carbocycles. The van der Waals surface area contributed by atoms with E-state index in [1.807, 2.05) is 92.7 Å². The number of aliphatic hydroxyl groups excluding tert-OH is 2. The summed E-state index contributed by atoms with van der Waals surface area (Å²) in [4.78, 5) is 68.1. The molecule has 348 valence electrons. The number of carbonyl (C=O) groups is 5. The number of amides is 4. The third kappa shape index (κ3) is 15.0. The maximum absolute atomic E-state index is 14.0. The van der Waals surface area contributed by atoms with Gasteiger partial charge in [0.05, 0.1) is 25.1 Å². The van der Waals surface area contributed by atoms with Gasteiger partial charge >= 0.3 is 12.1 Å². The van der Waals surface area contributed by atoms with E-state index in [2.05, 4.69) is 21.3 Å². The largest absolute Gasteiger partial charge is 0.452 e. The zero-order chi connectivity index (χ0) is 47.1. The molecule has 1 aliphatic rings. The highest BCUT2D eigenvalue weighted by molar-refractivity contribution is 5.91. The normalized spacial score (nSPS) is 18.1. The molecule has 15 heteroatoms. The lowest BCUT2D eigenvalue weighted by Crippen LogP contribution is -2.65. The zero-order valence-corrected chi connectivity index (χ0v) is 37.7. The number of carbonyl (C=O) groups excluding carboxylic acids is 5. The molecule has 6 N–H and O–H groups in total. The van der Waals surface area contributed by atoms with Crippen LogP contribution in [0.25, 0.3) is 0 Å². The summed E-state index contributed by atoms with van der Waals surface area (Å²) in [6.07, 6.45) is -7.08. The van der Waals surface area contributed by atoms with Gasteiger partial charge in [-0.1, -0.05) is 149 Å². The molecule has 0 spiro atoms. The summed E-state index contributed by atoms with van der Waals surface area (Å²) in [5, 5.41) is 34.0. The van der Waals surface area contributed by atoms with Crippen LogP contribution in [0.5, 0.6) is 0 Å². The third-order valence-electron chi connectivity index (χ3n) is 10.8. The number of nitrogens with one attached hydrogen (secondary N) is 4. The van der Waals surface area contributed by atoms with Crippen molar-refractivity contribution in [1.82, 2.24) is 21.3 Å². The molecular weight excluding hydrogens is 833 g/mol. The Morgan fingerprint density at radius 3 is 1.78 bits per heavy atom. The Hall–Kier alpha value is -6.13. The topological polar surface area (TPSA) is 211 Å². The fourth-order valence-electron chi connectivity index (χ4n) is 7.39. The molecule has 0 saturated carbocycles. The lowest BCUT2D eigenvalue weighted by Gasteiger charge is -2.44. The van der Waals surface area contributed by atoms with Crippen molar-refractivity contribution in [3.63, 3.8) is 0 Å². The molecule has 1 aliphatic heterocycles. The second kappa shape index (κ2) is 23.7. The summed E-state index contributed by atoms with van der Waals surface area (Å²) in [7, 11) is 0. The van der Waals surface area contributed by atoms with Crippen molar-refractivity contribution in [2.45, 2.75) is 115 Å². The van der Waals surface area contributed by atoms with E-state index in [-0.39, 0.29) is 37.9 Å². The number of rotatable bonds is 20. The highest BCUT2D eigenvalue weighted by Gasteiger charge is 2.46. The smallest absolute Gasteiger partial charge is 0.408 e. The Balaban J connectivity index is 1.27. The SMILES string of the molecule is CC(C)C[C@H](NC(=O)[C@@H](NC(=O)OCc1ccccc1)C(C)C)C(=O)N[C@H]1COC(C)(C)O[C@H]1[C@@H](O)[C@H](O)C(=O)N[C@@H](CC(=O)OC(c1ccccc1)c1ccccc1)c1ccccc1. The fourth-order valence-corrected chi connectivity index (χ4v) is 7.39. The number of alkyl carbamates (subject to hydrolysis) is 1. The molecule has 0 bridgehead atoms. The Morgan fingerprint density at radius 2 is 1.25 bits per heavy atom. The van der Waals surface area contributed by atoms with Crippen molar-refractivity contribution in [3.05, 3.63) is 144 Å². The van der Waals surface area contributed by atoms with Gasteiger partial charge in [-0.25, -0.2) is 4.79 Å². The first-order chi connectivity index (χ1) is 31.0. The maximum atomic E-state index is 14.0. The van der Waals surface area contributed by atoms with Gasteiger partial charge in [0.25, 0.3) is 5.91 Å². The van der Waals surface area contributed by atoms with Crippen LogP contribution >= 0.6 is 0 Å². The van der Waals surface area contributed by atoms with Gasteiger partial charge in [0.1, 0.15) is 30.9 Å². The number of esters is 1. The summed E-state index contributed by atoms with van der Waals surface area (Å²) >= 11 is 0. The summed E-state index contributed by atoms with van der Waals surface area (Å²) in [5.74, 6) is -4.68. The fraction of sp³-hybridized carbons (Fsp3) is 0.420. The van der Waals surface area contributed by atoms with Crippen molar-refractivity contribution in [1.29, 1.82) is 0 Å². The van der Waals surface area contributed by atoms with Crippen LogP contribution in [0.15, 0.2) is 121 Å². The first kappa shape index (κ1) is 49.9. The molecule has 15 nitrogen and oxygen atoms in total. The standard InChI is InChI=1S/C50H62N4O11/c1-31(2)27-38(52-47(59)41(32(3)4)54-49(61)62-29-33-19-11-7-12-20-33)46(58)53-39-30-63-50(5,6)65-45(39)42(56)43(57)48(60)51-37(34-21-13-8-14-22-34)28-40(55)64-44(35-23-15-9-16-24-35)36-25-17-10-18-26-36/h7-26,31-32,37-39,41-45,56-57H,27-30H2,1-6H3,(H,51,60)(H,52,59)(H,53,58)(H,54,61)/t37-,38-,39-,41-,42-,43-,45+/m0/s1. The molecule has 0 unspecified atom stereocenters. The molecule has 7 atom stereocenters. The summed E-state index contributed by atoms with van der Waals surface area (Å²) in [5.41, 5.74) is 2.81. The highest BCUT2D eigenvalue weighted by Crippen LogP contribution is 2.29. The van der Waals surface area contributed by atoms with E-state index < -0.39 is 84.2 Å². The monoisotopic (exact) mass is 894 g/mol. The number of ether oxygens (including phenoxy) is 4. The maximum Gasteiger partial charge on any atom is 0.408 e. The Kier molecular flexibility index (Phi) is 18.2. The zero-order valence-electron chi connectivity index (χ0n) is 37.7. The number of hydrogen-bond donors (Lipinski definition) is 6. The average molecular weight is 895 g/mol. The molecule has 65 heavy (non-hydrogen) atoms. The van der Waals surface area contributed by atoms with Crippen LogP contribution in [0.2, 0.25) is 0 Å². The van der Waals surface area contributed by atoms with Crippen molar-refractivity contribution in [3.8, 4) is 0 Å². The van der Waals surface area contributed by atoms with Gasteiger partial charge in [-0.15, -0.1) is 0 Å². The van der Waals surface area contributed by atoms with Crippen LogP contribution in [0.4, 0.5) is 4.79 Å². The first-order valence-corrected chi connectivity index (χ1v) is 21.9. The van der Waals surface area contributed by atoms with Gasteiger partial charge in [-0.2, -0.15) is 0 Å². The minimum atomic E-state index is -2.11. The third-order valence-corrected chi connectivity index (χ3v) is 10.8. The van der Waals surface area contributed by atoms with Crippen LogP contribution < -0.4 is 21.3 Å². The molecule has 4 aromatic rings. The molecule has 0 aromatic heterocycles. The number of aliphatic hydroxyl groups is 2. The Bertz CT molecular complexity index is 2100. The van der Waals surface area contributed by atoms with Gasteiger partial charge in [0, 0.05) is 0 Å². The molecule has 1 saturated heterocycles. The van der Waals surface area contributed by atoms with Gasteiger partial charge in [-0.3, -0.25) is 19.2 Å². The van der Waals surface area contributed by atoms with E-state index in [1.165, 1.54) is 0 Å². The second-order valence-electron chi connectivity index (χ2n) is 17.3. The van der Waals surface area contributed by atoms with Crippen LogP contribution in [0.1, 0.15) is 88.8 Å². The first-order valence-electron chi connectivity index (χ1n) is 21.9. The lowest BCUT2D eigenvalue weighted by molar-refractivity contribution is -0.301. The molecule has 0 radical (unpaired) electrons. The van der Waals surface area contributed by atoms with Crippen LogP contribution in [-0.2, 0) is 44.7 Å². The minimum Gasteiger partial charge on any atom is -0.452 e. The summed E-state index contributed by atoms with van der Waals surface area (Å²) < 4.78 is 23.3. The Morgan fingerprint density at radius 1 is 0.708 bits per heavy atom. The molecule has 0 aliphatic carbocycles. The van der Waals surface area contributed by atoms with Crippen LogP contribution in [0, 0.1) is 11.8 Å². The predicted molar refractivity (Wildman–Crippen MR) is 241 cm³/mol. The molecule has 1 fully saturated rings. The van der Waals surface area contributed by atoms with Crippen molar-refractivity contribution in [2.24, 2.45) is 11.8 Å². The van der Waals surface area contributed by atoms with Gasteiger partial charge in [0.15, 0.2) is 18.0 Å². The van der Waals surface area contributed by atoms with E-state index >= 15 is 0 Å². The number of benzene rings is 4. The van der Waals surface area contributed by atoms with Gasteiger partial charge < -0.3 is 50.4 Å². The van der Waals surface area contributed by atoms with Crippen molar-refractivity contribution < 1.29 is 53.1 Å². The van der Waals surface area contributed by atoms with Gasteiger partial charge in [0.2, 0.25) is 11.8 Å². The molecule has 4 amide bonds. The quantitative estimate of drug-likeness (QED) is 0.0619. The van der Waals surface area contributed by atoms with Gasteiger partial charge in [-0.05, 0) is 54.4 Å².